The Bertz CT molecular complexity index is 403. The number of ether oxygens (including phenoxy) is 1. The van der Waals surface area contributed by atoms with E-state index in [1.165, 1.54) is 5.56 Å². The van der Waals surface area contributed by atoms with Crippen LogP contribution in [0.1, 0.15) is 33.3 Å². The minimum atomic E-state index is -0.471. The molecular weight excluding hydrogens is 252 g/mol. The zero-order chi connectivity index (χ0) is 15.0. The van der Waals surface area contributed by atoms with E-state index in [1.54, 1.807) is 6.92 Å². The number of nitrogens with one attached hydrogen (secondary N) is 2. The van der Waals surface area contributed by atoms with Crippen LogP contribution in [0.3, 0.4) is 0 Å². The largest absolute Gasteiger partial charge is 0.481 e. The lowest BCUT2D eigenvalue weighted by Gasteiger charge is -2.15. The number of rotatable bonds is 8. The molecule has 4 nitrogen and oxygen atoms in total. The predicted molar refractivity (Wildman–Crippen MR) is 82.1 cm³/mol. The van der Waals surface area contributed by atoms with Gasteiger partial charge in [0.05, 0.1) is 0 Å². The summed E-state index contributed by atoms with van der Waals surface area (Å²) in [5.74, 6) is 0.640. The summed E-state index contributed by atoms with van der Waals surface area (Å²) in [6.07, 6.45) is 0.515. The molecule has 0 radical (unpaired) electrons. The third kappa shape index (κ3) is 5.61. The van der Waals surface area contributed by atoms with Gasteiger partial charge in [-0.05, 0) is 51.4 Å². The molecule has 0 heterocycles. The molecule has 0 saturated heterocycles. The molecule has 1 aromatic carbocycles. The van der Waals surface area contributed by atoms with E-state index in [0.29, 0.717) is 12.6 Å². The van der Waals surface area contributed by atoms with E-state index in [0.717, 1.165) is 18.7 Å². The molecule has 2 N–H and O–H groups in total. The summed E-state index contributed by atoms with van der Waals surface area (Å²) in [6, 6.07) is 8.40. The van der Waals surface area contributed by atoms with E-state index in [1.807, 2.05) is 31.2 Å². The molecule has 1 aromatic rings. The van der Waals surface area contributed by atoms with Gasteiger partial charge in [-0.3, -0.25) is 4.79 Å². The van der Waals surface area contributed by atoms with Crippen molar-refractivity contribution in [1.82, 2.24) is 10.6 Å². The first-order valence-corrected chi connectivity index (χ1v) is 7.33. The van der Waals surface area contributed by atoms with Crippen molar-refractivity contribution in [2.45, 2.75) is 46.3 Å². The number of likely N-dealkylation sites (N-methyl/N-ethyl adjacent to an activating group) is 2. The molecule has 2 unspecified atom stereocenters. The van der Waals surface area contributed by atoms with Gasteiger partial charge >= 0.3 is 0 Å². The molecule has 0 bridgehead atoms. The molecule has 0 spiro atoms. The Kier molecular flexibility index (Phi) is 7.09. The van der Waals surface area contributed by atoms with Crippen molar-refractivity contribution in [2.75, 3.05) is 13.1 Å². The number of hydrogen-bond donors (Lipinski definition) is 2. The van der Waals surface area contributed by atoms with Crippen molar-refractivity contribution < 1.29 is 9.53 Å². The Balaban J connectivity index is 2.52. The molecule has 0 aromatic heterocycles. The number of amides is 1. The predicted octanol–water partition coefficient (Wildman–Crippen LogP) is 2.13. The van der Waals surface area contributed by atoms with E-state index in [4.69, 9.17) is 4.74 Å². The first kappa shape index (κ1) is 16.5. The Hall–Kier alpha value is -1.55. The summed E-state index contributed by atoms with van der Waals surface area (Å²) in [5, 5.41) is 6.13. The van der Waals surface area contributed by atoms with Gasteiger partial charge in [-0.15, -0.1) is 0 Å². The highest BCUT2D eigenvalue weighted by Gasteiger charge is 2.13. The van der Waals surface area contributed by atoms with Crippen molar-refractivity contribution in [3.05, 3.63) is 29.8 Å². The Morgan fingerprint density at radius 3 is 2.35 bits per heavy atom. The van der Waals surface area contributed by atoms with Gasteiger partial charge < -0.3 is 15.4 Å². The topological polar surface area (TPSA) is 50.4 Å². The normalized spacial score (nSPS) is 13.6. The van der Waals surface area contributed by atoms with Crippen LogP contribution in [0.25, 0.3) is 0 Å². The lowest BCUT2D eigenvalue weighted by Crippen LogP contribution is -2.36. The molecule has 20 heavy (non-hydrogen) atoms. The monoisotopic (exact) mass is 278 g/mol. The molecule has 0 aliphatic rings. The first-order chi connectivity index (χ1) is 9.56. The summed E-state index contributed by atoms with van der Waals surface area (Å²) < 4.78 is 5.61. The zero-order valence-electron chi connectivity index (χ0n) is 12.9. The number of carbonyl (C=O) groups excluding carboxylic acids is 1. The van der Waals surface area contributed by atoms with Crippen LogP contribution in [0, 0.1) is 0 Å². The standard InChI is InChI=1S/C16H26N2O2/c1-5-17-12(3)11-14-7-9-15(10-8-14)20-13(4)16(19)18-6-2/h7-10,12-13,17H,5-6,11H2,1-4H3,(H,18,19). The van der Waals surface area contributed by atoms with Gasteiger partial charge in [-0.25, -0.2) is 0 Å². The maximum atomic E-state index is 11.6. The van der Waals surface area contributed by atoms with Gasteiger partial charge in [0, 0.05) is 12.6 Å². The second kappa shape index (κ2) is 8.59. The molecule has 4 heteroatoms. The third-order valence-electron chi connectivity index (χ3n) is 3.05. The summed E-state index contributed by atoms with van der Waals surface area (Å²) in [4.78, 5) is 11.6. The van der Waals surface area contributed by atoms with Gasteiger partial charge in [-0.2, -0.15) is 0 Å². The molecule has 1 rings (SSSR count). The Morgan fingerprint density at radius 1 is 1.15 bits per heavy atom. The minimum absolute atomic E-state index is 0.0858. The SMILES string of the molecule is CCNC(=O)C(C)Oc1ccc(CC(C)NCC)cc1. The average molecular weight is 278 g/mol. The molecule has 112 valence electrons. The van der Waals surface area contributed by atoms with Crippen molar-refractivity contribution >= 4 is 5.91 Å². The maximum absolute atomic E-state index is 11.6. The fourth-order valence-electron chi connectivity index (χ4n) is 2.05. The minimum Gasteiger partial charge on any atom is -0.481 e. The lowest BCUT2D eigenvalue weighted by molar-refractivity contribution is -0.127. The van der Waals surface area contributed by atoms with Crippen LogP contribution >= 0.6 is 0 Å². The van der Waals surface area contributed by atoms with Gasteiger partial charge in [0.1, 0.15) is 5.75 Å². The zero-order valence-corrected chi connectivity index (χ0v) is 12.9. The average Bonchev–Trinajstić information content (AvgIpc) is 2.41. The van der Waals surface area contributed by atoms with Crippen LogP contribution in [0.5, 0.6) is 5.75 Å². The molecule has 0 fully saturated rings. The molecular formula is C16H26N2O2. The van der Waals surface area contributed by atoms with Crippen LogP contribution in [-0.2, 0) is 11.2 Å². The van der Waals surface area contributed by atoms with Crippen molar-refractivity contribution in [2.24, 2.45) is 0 Å². The van der Waals surface area contributed by atoms with Crippen molar-refractivity contribution in [1.29, 1.82) is 0 Å². The van der Waals surface area contributed by atoms with E-state index in [-0.39, 0.29) is 5.91 Å². The van der Waals surface area contributed by atoms with E-state index in [2.05, 4.69) is 24.5 Å². The fourth-order valence-corrected chi connectivity index (χ4v) is 2.05. The first-order valence-electron chi connectivity index (χ1n) is 7.33. The van der Waals surface area contributed by atoms with Gasteiger partial charge in [-0.1, -0.05) is 19.1 Å². The van der Waals surface area contributed by atoms with Crippen LogP contribution < -0.4 is 15.4 Å². The fraction of sp³-hybridized carbons (Fsp3) is 0.562. The van der Waals surface area contributed by atoms with Crippen LogP contribution in [0.4, 0.5) is 0 Å². The Labute approximate surface area is 121 Å². The highest BCUT2D eigenvalue weighted by molar-refractivity contribution is 5.80. The van der Waals surface area contributed by atoms with Crippen molar-refractivity contribution in [3.8, 4) is 5.75 Å². The van der Waals surface area contributed by atoms with Crippen LogP contribution in [-0.4, -0.2) is 31.1 Å². The van der Waals surface area contributed by atoms with Crippen molar-refractivity contribution in [3.63, 3.8) is 0 Å². The van der Waals surface area contributed by atoms with E-state index in [9.17, 15) is 4.79 Å². The number of hydrogen-bond acceptors (Lipinski definition) is 3. The molecule has 2 atom stereocenters. The lowest BCUT2D eigenvalue weighted by atomic mass is 10.1. The molecule has 1 amide bonds. The van der Waals surface area contributed by atoms with Gasteiger partial charge in [0.15, 0.2) is 6.10 Å². The maximum Gasteiger partial charge on any atom is 0.260 e. The van der Waals surface area contributed by atoms with E-state index >= 15 is 0 Å². The highest BCUT2D eigenvalue weighted by Crippen LogP contribution is 2.15. The third-order valence-corrected chi connectivity index (χ3v) is 3.05. The Morgan fingerprint density at radius 2 is 1.80 bits per heavy atom. The highest BCUT2D eigenvalue weighted by atomic mass is 16.5. The summed E-state index contributed by atoms with van der Waals surface area (Å²) in [7, 11) is 0. The molecule has 0 aliphatic carbocycles. The smallest absolute Gasteiger partial charge is 0.260 e. The number of benzene rings is 1. The second-order valence-electron chi connectivity index (χ2n) is 4.96. The summed E-state index contributed by atoms with van der Waals surface area (Å²) in [5.41, 5.74) is 1.26. The summed E-state index contributed by atoms with van der Waals surface area (Å²) >= 11 is 0. The van der Waals surface area contributed by atoms with Gasteiger partial charge in [0.25, 0.3) is 5.91 Å². The quantitative estimate of drug-likeness (QED) is 0.766. The summed E-state index contributed by atoms with van der Waals surface area (Å²) in [6.45, 7) is 9.53. The number of carbonyl (C=O) groups is 1. The van der Waals surface area contributed by atoms with Gasteiger partial charge in [0.2, 0.25) is 0 Å². The molecule has 0 aliphatic heterocycles. The van der Waals surface area contributed by atoms with Crippen LogP contribution in [0.15, 0.2) is 24.3 Å². The van der Waals surface area contributed by atoms with E-state index < -0.39 is 6.10 Å². The van der Waals surface area contributed by atoms with Crippen LogP contribution in [0.2, 0.25) is 0 Å². The second-order valence-corrected chi connectivity index (χ2v) is 4.96. The molecule has 0 saturated carbocycles.